The summed E-state index contributed by atoms with van der Waals surface area (Å²) in [5.41, 5.74) is 6.26. The second-order valence-corrected chi connectivity index (χ2v) is 3.43. The number of nitrogens with one attached hydrogen (secondary N) is 1. The number of nitrogens with zero attached hydrogens (tertiary/aromatic N) is 4. The smallest absolute Gasteiger partial charge is 0.269 e. The van der Waals surface area contributed by atoms with Gasteiger partial charge in [-0.15, -0.1) is 0 Å². The Hall–Kier alpha value is -2.28. The topological polar surface area (TPSA) is 98.7 Å². The van der Waals surface area contributed by atoms with Gasteiger partial charge in [0.25, 0.3) is 5.91 Å². The van der Waals surface area contributed by atoms with Gasteiger partial charge in [0, 0.05) is 30.7 Å². The van der Waals surface area contributed by atoms with Crippen LogP contribution in [0.15, 0.2) is 24.7 Å². The van der Waals surface area contributed by atoms with E-state index in [4.69, 9.17) is 5.73 Å². The second-order valence-electron chi connectivity index (χ2n) is 3.43. The molecule has 0 unspecified atom stereocenters. The number of rotatable bonds is 4. The van der Waals surface area contributed by atoms with Gasteiger partial charge in [-0.3, -0.25) is 4.79 Å². The van der Waals surface area contributed by atoms with Crippen molar-refractivity contribution < 1.29 is 4.79 Å². The molecular weight excluding hydrogens is 220 g/mol. The minimum Gasteiger partial charge on any atom is -0.364 e. The predicted octanol–water partition coefficient (Wildman–Crippen LogP) is -0.519. The Morgan fingerprint density at radius 1 is 1.47 bits per heavy atom. The molecule has 2 rings (SSSR count). The van der Waals surface area contributed by atoms with Gasteiger partial charge in [0.05, 0.1) is 0 Å². The van der Waals surface area contributed by atoms with E-state index in [0.717, 1.165) is 5.56 Å². The average molecular weight is 232 g/mol. The molecule has 0 saturated carbocycles. The van der Waals surface area contributed by atoms with Crippen molar-refractivity contribution in [3.8, 4) is 5.95 Å². The van der Waals surface area contributed by atoms with Crippen molar-refractivity contribution >= 4 is 5.91 Å². The molecule has 2 heterocycles. The molecule has 0 aliphatic heterocycles. The van der Waals surface area contributed by atoms with Crippen LogP contribution >= 0.6 is 0 Å². The first-order chi connectivity index (χ1) is 8.20. The van der Waals surface area contributed by atoms with E-state index in [0.29, 0.717) is 12.5 Å². The maximum absolute atomic E-state index is 10.9. The molecule has 17 heavy (non-hydrogen) atoms. The van der Waals surface area contributed by atoms with Gasteiger partial charge >= 0.3 is 0 Å². The maximum atomic E-state index is 10.9. The van der Waals surface area contributed by atoms with Crippen molar-refractivity contribution in [2.75, 3.05) is 7.05 Å². The summed E-state index contributed by atoms with van der Waals surface area (Å²) < 4.78 is 1.41. The van der Waals surface area contributed by atoms with Crippen LogP contribution in [0.5, 0.6) is 0 Å². The van der Waals surface area contributed by atoms with E-state index in [2.05, 4.69) is 20.4 Å². The molecule has 0 aliphatic rings. The number of hydrogen-bond donors (Lipinski definition) is 2. The van der Waals surface area contributed by atoms with E-state index in [9.17, 15) is 4.79 Å². The lowest BCUT2D eigenvalue weighted by molar-refractivity contribution is 0.0995. The highest BCUT2D eigenvalue weighted by Gasteiger charge is 2.07. The van der Waals surface area contributed by atoms with Gasteiger partial charge in [0.2, 0.25) is 5.95 Å². The summed E-state index contributed by atoms with van der Waals surface area (Å²) in [6.07, 6.45) is 4.99. The number of amides is 1. The fourth-order valence-corrected chi connectivity index (χ4v) is 1.33. The zero-order valence-corrected chi connectivity index (χ0v) is 9.29. The lowest BCUT2D eigenvalue weighted by atomic mass is 10.3. The molecule has 0 radical (unpaired) electrons. The summed E-state index contributed by atoms with van der Waals surface area (Å²) in [5, 5.41) is 6.96. The van der Waals surface area contributed by atoms with Crippen molar-refractivity contribution in [3.63, 3.8) is 0 Å². The molecular formula is C10H12N6O. The van der Waals surface area contributed by atoms with Gasteiger partial charge in [-0.2, -0.15) is 5.10 Å². The lowest BCUT2D eigenvalue weighted by Gasteiger charge is -2.01. The molecule has 0 aliphatic carbocycles. The third kappa shape index (κ3) is 2.45. The van der Waals surface area contributed by atoms with Crippen LogP contribution in [-0.2, 0) is 6.54 Å². The van der Waals surface area contributed by atoms with E-state index in [1.165, 1.54) is 10.7 Å². The zero-order valence-electron chi connectivity index (χ0n) is 9.29. The van der Waals surface area contributed by atoms with Crippen LogP contribution in [0.1, 0.15) is 16.1 Å². The quantitative estimate of drug-likeness (QED) is 0.739. The first-order valence-corrected chi connectivity index (χ1v) is 5.02. The average Bonchev–Trinajstić information content (AvgIpc) is 2.80. The molecule has 1 amide bonds. The van der Waals surface area contributed by atoms with Crippen molar-refractivity contribution in [2.24, 2.45) is 5.73 Å². The highest BCUT2D eigenvalue weighted by Crippen LogP contribution is 2.02. The van der Waals surface area contributed by atoms with Gasteiger partial charge in [-0.05, 0) is 13.1 Å². The fourth-order valence-electron chi connectivity index (χ4n) is 1.33. The lowest BCUT2D eigenvalue weighted by Crippen LogP contribution is -2.13. The van der Waals surface area contributed by atoms with Crippen molar-refractivity contribution in [1.29, 1.82) is 0 Å². The molecule has 0 spiro atoms. The predicted molar refractivity (Wildman–Crippen MR) is 60.4 cm³/mol. The summed E-state index contributed by atoms with van der Waals surface area (Å²) in [6.45, 7) is 0.700. The summed E-state index contributed by atoms with van der Waals surface area (Å²) >= 11 is 0. The Labute approximate surface area is 97.7 Å². The monoisotopic (exact) mass is 232 g/mol. The number of carbonyl (C=O) groups excluding carboxylic acids is 1. The first kappa shape index (κ1) is 11.2. The number of aromatic nitrogens is 4. The molecule has 0 aromatic carbocycles. The van der Waals surface area contributed by atoms with Crippen molar-refractivity contribution in [3.05, 3.63) is 35.9 Å². The highest BCUT2D eigenvalue weighted by molar-refractivity contribution is 5.90. The minimum atomic E-state index is -0.574. The minimum absolute atomic E-state index is 0.188. The maximum Gasteiger partial charge on any atom is 0.269 e. The summed E-state index contributed by atoms with van der Waals surface area (Å²) in [6, 6.07) is 1.52. The molecule has 2 aromatic rings. The highest BCUT2D eigenvalue weighted by atomic mass is 16.1. The Balaban J connectivity index is 2.23. The molecule has 7 nitrogen and oxygen atoms in total. The van der Waals surface area contributed by atoms with E-state index in [1.807, 2.05) is 7.05 Å². The SMILES string of the molecule is CNCc1cnc(-n2ccc(C(N)=O)n2)nc1. The van der Waals surface area contributed by atoms with E-state index < -0.39 is 5.91 Å². The van der Waals surface area contributed by atoms with Gasteiger partial charge in [-0.25, -0.2) is 14.6 Å². The molecule has 7 heteroatoms. The zero-order chi connectivity index (χ0) is 12.3. The van der Waals surface area contributed by atoms with Crippen LogP contribution in [-0.4, -0.2) is 32.7 Å². The van der Waals surface area contributed by atoms with Gasteiger partial charge in [0.1, 0.15) is 5.69 Å². The first-order valence-electron chi connectivity index (χ1n) is 5.02. The van der Waals surface area contributed by atoms with Gasteiger partial charge in [-0.1, -0.05) is 0 Å². The van der Waals surface area contributed by atoms with Crippen LogP contribution in [0.2, 0.25) is 0 Å². The molecule has 0 fully saturated rings. The Kier molecular flexibility index (Phi) is 3.10. The molecule has 0 atom stereocenters. The van der Waals surface area contributed by atoms with Crippen LogP contribution in [0.4, 0.5) is 0 Å². The van der Waals surface area contributed by atoms with Crippen molar-refractivity contribution in [2.45, 2.75) is 6.54 Å². The summed E-state index contributed by atoms with van der Waals surface area (Å²) in [5.74, 6) is -0.173. The van der Waals surface area contributed by atoms with E-state index >= 15 is 0 Å². The van der Waals surface area contributed by atoms with Crippen LogP contribution < -0.4 is 11.1 Å². The molecule has 2 aromatic heterocycles. The van der Waals surface area contributed by atoms with Crippen LogP contribution in [0.25, 0.3) is 5.95 Å². The molecule has 0 saturated heterocycles. The molecule has 3 N–H and O–H groups in total. The van der Waals surface area contributed by atoms with E-state index in [-0.39, 0.29) is 5.69 Å². The summed E-state index contributed by atoms with van der Waals surface area (Å²) in [7, 11) is 1.85. The molecule has 0 bridgehead atoms. The van der Waals surface area contributed by atoms with Crippen LogP contribution in [0.3, 0.4) is 0 Å². The number of primary amides is 1. The standard InChI is InChI=1S/C10H12N6O/c1-12-4-7-5-13-10(14-6-7)16-3-2-8(15-16)9(11)17/h2-3,5-6,12H,4H2,1H3,(H2,11,17). The second kappa shape index (κ2) is 4.71. The largest absolute Gasteiger partial charge is 0.364 e. The fraction of sp³-hybridized carbons (Fsp3) is 0.200. The van der Waals surface area contributed by atoms with Gasteiger partial charge < -0.3 is 11.1 Å². The number of carbonyl (C=O) groups is 1. The van der Waals surface area contributed by atoms with Crippen LogP contribution in [0, 0.1) is 0 Å². The van der Waals surface area contributed by atoms with E-state index in [1.54, 1.807) is 18.6 Å². The third-order valence-corrected chi connectivity index (χ3v) is 2.12. The normalized spacial score (nSPS) is 10.4. The number of nitrogens with two attached hydrogens (primary N) is 1. The van der Waals surface area contributed by atoms with Crippen molar-refractivity contribution in [1.82, 2.24) is 25.1 Å². The number of hydrogen-bond acceptors (Lipinski definition) is 5. The summed E-state index contributed by atoms with van der Waals surface area (Å²) in [4.78, 5) is 19.2. The third-order valence-electron chi connectivity index (χ3n) is 2.12. The van der Waals surface area contributed by atoms with Gasteiger partial charge in [0.15, 0.2) is 0 Å². The Bertz CT molecular complexity index is 518. The Morgan fingerprint density at radius 2 is 2.18 bits per heavy atom. The molecule has 88 valence electrons. The Morgan fingerprint density at radius 3 is 2.71 bits per heavy atom.